The molecule has 1 aromatic heterocycles. The molecular weight excluding hydrogens is 345 g/mol. The molecule has 4 heteroatoms. The number of hydrogen-bond acceptors (Lipinski definition) is 2. The van der Waals surface area contributed by atoms with Gasteiger partial charge in [-0.2, -0.15) is 11.3 Å². The third-order valence-corrected chi connectivity index (χ3v) is 4.12. The van der Waals surface area contributed by atoms with Crippen LogP contribution in [-0.4, -0.2) is 17.9 Å². The molecule has 0 spiro atoms. The van der Waals surface area contributed by atoms with Gasteiger partial charge < -0.3 is 4.90 Å². The first-order chi connectivity index (χ1) is 8.18. The SMILES string of the molecule is CN(Cc1ccsc1)C(=O)c1ccccc1I. The van der Waals surface area contributed by atoms with Crippen LogP contribution in [-0.2, 0) is 6.54 Å². The van der Waals surface area contributed by atoms with Crippen molar-refractivity contribution in [2.75, 3.05) is 7.05 Å². The van der Waals surface area contributed by atoms with E-state index in [1.165, 1.54) is 5.56 Å². The Labute approximate surface area is 118 Å². The van der Waals surface area contributed by atoms with Crippen LogP contribution in [0.2, 0.25) is 0 Å². The van der Waals surface area contributed by atoms with Crippen molar-refractivity contribution in [3.63, 3.8) is 0 Å². The third-order valence-electron chi connectivity index (χ3n) is 2.45. The molecule has 0 unspecified atom stereocenters. The van der Waals surface area contributed by atoms with Gasteiger partial charge in [-0.3, -0.25) is 4.79 Å². The molecule has 88 valence electrons. The van der Waals surface area contributed by atoms with E-state index in [1.807, 2.05) is 42.8 Å². The molecule has 0 N–H and O–H groups in total. The summed E-state index contributed by atoms with van der Waals surface area (Å²) in [5.74, 6) is 0.0706. The van der Waals surface area contributed by atoms with Gasteiger partial charge in [0, 0.05) is 17.2 Å². The molecule has 2 rings (SSSR count). The van der Waals surface area contributed by atoms with E-state index in [9.17, 15) is 4.79 Å². The van der Waals surface area contributed by atoms with E-state index in [0.717, 1.165) is 9.13 Å². The van der Waals surface area contributed by atoms with Gasteiger partial charge in [-0.15, -0.1) is 0 Å². The molecule has 0 aliphatic rings. The molecule has 2 aromatic rings. The second kappa shape index (κ2) is 5.64. The molecule has 0 aliphatic carbocycles. The molecule has 1 heterocycles. The molecule has 1 aromatic carbocycles. The monoisotopic (exact) mass is 357 g/mol. The summed E-state index contributed by atoms with van der Waals surface area (Å²) in [5.41, 5.74) is 1.95. The van der Waals surface area contributed by atoms with E-state index >= 15 is 0 Å². The zero-order valence-electron chi connectivity index (χ0n) is 9.39. The van der Waals surface area contributed by atoms with Gasteiger partial charge in [0.05, 0.1) is 5.56 Å². The summed E-state index contributed by atoms with van der Waals surface area (Å²) in [4.78, 5) is 14.0. The van der Waals surface area contributed by atoms with E-state index in [1.54, 1.807) is 16.2 Å². The van der Waals surface area contributed by atoms with Gasteiger partial charge in [-0.05, 0) is 57.1 Å². The molecule has 0 saturated carbocycles. The Morgan fingerprint density at radius 1 is 1.35 bits per heavy atom. The molecule has 0 radical (unpaired) electrons. The maximum Gasteiger partial charge on any atom is 0.254 e. The number of carbonyl (C=O) groups is 1. The average molecular weight is 357 g/mol. The van der Waals surface area contributed by atoms with Crippen LogP contribution in [0.5, 0.6) is 0 Å². The highest BCUT2D eigenvalue weighted by Gasteiger charge is 2.14. The highest BCUT2D eigenvalue weighted by atomic mass is 127. The van der Waals surface area contributed by atoms with E-state index in [4.69, 9.17) is 0 Å². The van der Waals surface area contributed by atoms with Gasteiger partial charge >= 0.3 is 0 Å². The van der Waals surface area contributed by atoms with Crippen molar-refractivity contribution in [2.24, 2.45) is 0 Å². The Balaban J connectivity index is 2.13. The lowest BCUT2D eigenvalue weighted by molar-refractivity contribution is 0.0784. The maximum atomic E-state index is 12.2. The number of halogens is 1. The van der Waals surface area contributed by atoms with Crippen molar-refractivity contribution in [2.45, 2.75) is 6.54 Å². The zero-order valence-corrected chi connectivity index (χ0v) is 12.4. The summed E-state index contributed by atoms with van der Waals surface area (Å²) in [6, 6.07) is 9.70. The predicted molar refractivity (Wildman–Crippen MR) is 79.3 cm³/mol. The lowest BCUT2D eigenvalue weighted by Gasteiger charge is -2.17. The number of amides is 1. The Hall–Kier alpha value is -0.880. The molecule has 0 aliphatic heterocycles. The summed E-state index contributed by atoms with van der Waals surface area (Å²) in [7, 11) is 1.84. The lowest BCUT2D eigenvalue weighted by atomic mass is 10.2. The van der Waals surface area contributed by atoms with E-state index < -0.39 is 0 Å². The average Bonchev–Trinajstić information content (AvgIpc) is 2.81. The summed E-state index contributed by atoms with van der Waals surface area (Å²) >= 11 is 3.85. The minimum Gasteiger partial charge on any atom is -0.337 e. The van der Waals surface area contributed by atoms with Crippen LogP contribution in [0.25, 0.3) is 0 Å². The standard InChI is InChI=1S/C13H12INOS/c1-15(8-10-6-7-17-9-10)13(16)11-4-2-3-5-12(11)14/h2-7,9H,8H2,1H3. The Bertz CT molecular complexity index is 510. The van der Waals surface area contributed by atoms with Crippen LogP contribution in [0, 0.1) is 3.57 Å². The second-order valence-corrected chi connectivity index (χ2v) is 5.71. The van der Waals surface area contributed by atoms with Crippen LogP contribution >= 0.6 is 33.9 Å². The van der Waals surface area contributed by atoms with Crippen LogP contribution in [0.4, 0.5) is 0 Å². The van der Waals surface area contributed by atoms with Crippen LogP contribution in [0.15, 0.2) is 41.1 Å². The summed E-state index contributed by atoms with van der Waals surface area (Å²) in [6.45, 7) is 0.660. The van der Waals surface area contributed by atoms with Gasteiger partial charge in [0.1, 0.15) is 0 Å². The summed E-state index contributed by atoms with van der Waals surface area (Å²) < 4.78 is 0.993. The smallest absolute Gasteiger partial charge is 0.254 e. The first kappa shape index (κ1) is 12.6. The Kier molecular flexibility index (Phi) is 4.17. The predicted octanol–water partition coefficient (Wildman–Crippen LogP) is 3.62. The quantitative estimate of drug-likeness (QED) is 0.769. The van der Waals surface area contributed by atoms with Crippen molar-refractivity contribution in [3.05, 3.63) is 55.8 Å². The second-order valence-electron chi connectivity index (χ2n) is 3.77. The molecular formula is C13H12INOS. The topological polar surface area (TPSA) is 20.3 Å². The maximum absolute atomic E-state index is 12.2. The van der Waals surface area contributed by atoms with Gasteiger partial charge in [0.25, 0.3) is 5.91 Å². The molecule has 2 nitrogen and oxygen atoms in total. The van der Waals surface area contributed by atoms with Crippen molar-refractivity contribution in [1.82, 2.24) is 4.90 Å². The Morgan fingerprint density at radius 2 is 2.12 bits per heavy atom. The fourth-order valence-electron chi connectivity index (χ4n) is 1.57. The lowest BCUT2D eigenvalue weighted by Crippen LogP contribution is -2.26. The van der Waals surface area contributed by atoms with E-state index in [0.29, 0.717) is 6.54 Å². The van der Waals surface area contributed by atoms with Crippen molar-refractivity contribution in [1.29, 1.82) is 0 Å². The van der Waals surface area contributed by atoms with Gasteiger partial charge in [-0.1, -0.05) is 12.1 Å². The molecule has 0 atom stereocenters. The first-order valence-electron chi connectivity index (χ1n) is 5.19. The molecule has 17 heavy (non-hydrogen) atoms. The third kappa shape index (κ3) is 3.07. The fraction of sp³-hybridized carbons (Fsp3) is 0.154. The van der Waals surface area contributed by atoms with Crippen LogP contribution in [0.1, 0.15) is 15.9 Å². The number of nitrogens with zero attached hydrogens (tertiary/aromatic N) is 1. The summed E-state index contributed by atoms with van der Waals surface area (Å²) in [5, 5.41) is 4.10. The number of rotatable bonds is 3. The van der Waals surface area contributed by atoms with Gasteiger partial charge in [0.2, 0.25) is 0 Å². The minimum absolute atomic E-state index is 0.0706. The Morgan fingerprint density at radius 3 is 2.76 bits per heavy atom. The normalized spacial score (nSPS) is 10.2. The zero-order chi connectivity index (χ0) is 12.3. The molecule has 0 fully saturated rings. The van der Waals surface area contributed by atoms with Crippen molar-refractivity contribution < 1.29 is 4.79 Å². The number of benzene rings is 1. The number of hydrogen-bond donors (Lipinski definition) is 0. The van der Waals surface area contributed by atoms with Gasteiger partial charge in [-0.25, -0.2) is 0 Å². The van der Waals surface area contributed by atoms with Gasteiger partial charge in [0.15, 0.2) is 0 Å². The molecule has 1 amide bonds. The van der Waals surface area contributed by atoms with E-state index in [-0.39, 0.29) is 5.91 Å². The van der Waals surface area contributed by atoms with Crippen molar-refractivity contribution in [3.8, 4) is 0 Å². The first-order valence-corrected chi connectivity index (χ1v) is 7.21. The fourth-order valence-corrected chi connectivity index (χ4v) is 2.85. The number of thiophene rings is 1. The minimum atomic E-state index is 0.0706. The van der Waals surface area contributed by atoms with Crippen LogP contribution < -0.4 is 0 Å². The highest BCUT2D eigenvalue weighted by Crippen LogP contribution is 2.15. The van der Waals surface area contributed by atoms with Crippen molar-refractivity contribution >= 4 is 39.8 Å². The van der Waals surface area contributed by atoms with Crippen LogP contribution in [0.3, 0.4) is 0 Å². The summed E-state index contributed by atoms with van der Waals surface area (Å²) in [6.07, 6.45) is 0. The molecule has 0 bridgehead atoms. The van der Waals surface area contributed by atoms with E-state index in [2.05, 4.69) is 28.0 Å². The molecule has 0 saturated heterocycles. The highest BCUT2D eigenvalue weighted by molar-refractivity contribution is 14.1. The number of carbonyl (C=O) groups excluding carboxylic acids is 1. The largest absolute Gasteiger partial charge is 0.337 e.